The smallest absolute Gasteiger partial charge is 0.262 e. The van der Waals surface area contributed by atoms with E-state index in [4.69, 9.17) is 0 Å². The number of amides is 1. The highest BCUT2D eigenvalue weighted by molar-refractivity contribution is 7.18. The van der Waals surface area contributed by atoms with Crippen LogP contribution in [0, 0.1) is 6.92 Å². The van der Waals surface area contributed by atoms with Gasteiger partial charge in [-0.1, -0.05) is 29.8 Å². The van der Waals surface area contributed by atoms with Gasteiger partial charge in [-0.05, 0) is 37.3 Å². The molecule has 0 saturated carbocycles. The molecule has 1 aliphatic carbocycles. The summed E-state index contributed by atoms with van der Waals surface area (Å²) in [6.45, 7) is 7.77. The Kier molecular flexibility index (Phi) is 5.40. The van der Waals surface area contributed by atoms with Crippen LogP contribution in [-0.4, -0.2) is 57.5 Å². The summed E-state index contributed by atoms with van der Waals surface area (Å²) in [4.78, 5) is 36.2. The van der Waals surface area contributed by atoms with Crippen LogP contribution in [0.2, 0.25) is 0 Å². The lowest BCUT2D eigenvalue weighted by atomic mass is 9.91. The number of hydrogen-bond donors (Lipinski definition) is 0. The Bertz CT molecular complexity index is 1170. The maximum atomic E-state index is 13.3. The molecular formula is C24H28N4O2S. The SMILES string of the molecule is CC(=O)N1CCN(C2CCc3c(sc4ncn(Cc5ccc(C)cc5)c(=O)c34)C2)CC1. The maximum Gasteiger partial charge on any atom is 0.262 e. The number of aromatic nitrogens is 2. The Morgan fingerprint density at radius 2 is 1.90 bits per heavy atom. The number of hydrogen-bond acceptors (Lipinski definition) is 5. The summed E-state index contributed by atoms with van der Waals surface area (Å²) in [5.74, 6) is 0.170. The Labute approximate surface area is 186 Å². The highest BCUT2D eigenvalue weighted by Gasteiger charge is 2.30. The fourth-order valence-corrected chi connectivity index (χ4v) is 6.15. The van der Waals surface area contributed by atoms with Gasteiger partial charge in [0, 0.05) is 44.0 Å². The van der Waals surface area contributed by atoms with Gasteiger partial charge in [0.2, 0.25) is 5.91 Å². The van der Waals surface area contributed by atoms with E-state index >= 15 is 0 Å². The molecule has 0 bridgehead atoms. The van der Waals surface area contributed by atoms with Crippen molar-refractivity contribution in [3.05, 3.63) is 62.5 Å². The van der Waals surface area contributed by atoms with Gasteiger partial charge < -0.3 is 4.90 Å². The predicted molar refractivity (Wildman–Crippen MR) is 124 cm³/mol. The van der Waals surface area contributed by atoms with E-state index in [-0.39, 0.29) is 11.5 Å². The number of aryl methyl sites for hydroxylation is 2. The summed E-state index contributed by atoms with van der Waals surface area (Å²) in [6, 6.07) is 8.80. The lowest BCUT2D eigenvalue weighted by Crippen LogP contribution is -2.52. The molecular weight excluding hydrogens is 408 g/mol. The maximum absolute atomic E-state index is 13.3. The van der Waals surface area contributed by atoms with Crippen LogP contribution < -0.4 is 5.56 Å². The molecule has 5 rings (SSSR count). The fourth-order valence-electron chi connectivity index (χ4n) is 4.90. The summed E-state index contributed by atoms with van der Waals surface area (Å²) in [5, 5.41) is 0.828. The summed E-state index contributed by atoms with van der Waals surface area (Å²) < 4.78 is 1.74. The van der Waals surface area contributed by atoms with Crippen LogP contribution in [0.1, 0.15) is 34.9 Å². The Hall–Kier alpha value is -2.51. The average Bonchev–Trinajstić information content (AvgIpc) is 3.15. The van der Waals surface area contributed by atoms with Crippen LogP contribution in [0.5, 0.6) is 0 Å². The van der Waals surface area contributed by atoms with E-state index in [0.29, 0.717) is 12.6 Å². The van der Waals surface area contributed by atoms with E-state index in [1.165, 1.54) is 16.0 Å². The third-order valence-electron chi connectivity index (χ3n) is 6.76. The molecule has 3 heterocycles. The Morgan fingerprint density at radius 1 is 1.16 bits per heavy atom. The van der Waals surface area contributed by atoms with Crippen LogP contribution in [0.3, 0.4) is 0 Å². The van der Waals surface area contributed by atoms with Gasteiger partial charge in [0.25, 0.3) is 5.56 Å². The topological polar surface area (TPSA) is 58.4 Å². The number of rotatable bonds is 3. The standard InChI is InChI=1S/C24H28N4O2S/c1-16-3-5-18(6-4-16)14-28-15-25-23-22(24(28)30)20-8-7-19(13-21(20)31-23)27-11-9-26(10-12-27)17(2)29/h3-6,15,19H,7-14H2,1-2H3. The molecule has 1 atom stereocenters. The lowest BCUT2D eigenvalue weighted by Gasteiger charge is -2.40. The molecule has 0 radical (unpaired) electrons. The predicted octanol–water partition coefficient (Wildman–Crippen LogP) is 2.84. The van der Waals surface area contributed by atoms with Crippen molar-refractivity contribution in [3.63, 3.8) is 0 Å². The quantitative estimate of drug-likeness (QED) is 0.634. The number of benzene rings is 1. The van der Waals surface area contributed by atoms with Gasteiger partial charge in [-0.25, -0.2) is 4.98 Å². The molecule has 0 N–H and O–H groups in total. The number of carbonyl (C=O) groups excluding carboxylic acids is 1. The molecule has 31 heavy (non-hydrogen) atoms. The largest absolute Gasteiger partial charge is 0.340 e. The van der Waals surface area contributed by atoms with Crippen LogP contribution in [0.25, 0.3) is 10.2 Å². The van der Waals surface area contributed by atoms with Crippen LogP contribution in [0.15, 0.2) is 35.4 Å². The number of nitrogens with zero attached hydrogens (tertiary/aromatic N) is 4. The van der Waals surface area contributed by atoms with Crippen molar-refractivity contribution in [2.45, 2.75) is 45.7 Å². The summed E-state index contributed by atoms with van der Waals surface area (Å²) in [6.07, 6.45) is 4.67. The fraction of sp³-hybridized carbons (Fsp3) is 0.458. The van der Waals surface area contributed by atoms with E-state index in [2.05, 4.69) is 41.1 Å². The second-order valence-electron chi connectivity index (χ2n) is 8.79. The molecule has 0 spiro atoms. The van der Waals surface area contributed by atoms with E-state index in [1.54, 1.807) is 29.2 Å². The minimum atomic E-state index is 0.0802. The van der Waals surface area contributed by atoms with E-state index in [9.17, 15) is 9.59 Å². The Morgan fingerprint density at radius 3 is 2.61 bits per heavy atom. The lowest BCUT2D eigenvalue weighted by molar-refractivity contribution is -0.130. The van der Waals surface area contributed by atoms with Gasteiger partial charge in [-0.3, -0.25) is 19.1 Å². The second kappa shape index (κ2) is 8.20. The summed E-state index contributed by atoms with van der Waals surface area (Å²) in [5.41, 5.74) is 3.63. The molecule has 162 valence electrons. The van der Waals surface area contributed by atoms with E-state index in [0.717, 1.165) is 61.2 Å². The molecule has 1 amide bonds. The first-order valence-corrected chi connectivity index (χ1v) is 11.9. The van der Waals surface area contributed by atoms with E-state index < -0.39 is 0 Å². The molecule has 2 aromatic heterocycles. The van der Waals surface area contributed by atoms with Gasteiger partial charge in [-0.15, -0.1) is 11.3 Å². The molecule has 1 aromatic carbocycles. The summed E-state index contributed by atoms with van der Waals surface area (Å²) >= 11 is 1.69. The van der Waals surface area contributed by atoms with Gasteiger partial charge in [0.1, 0.15) is 4.83 Å². The number of fused-ring (bicyclic) bond motifs is 3. The van der Waals surface area contributed by atoms with Crippen molar-refractivity contribution in [2.75, 3.05) is 26.2 Å². The molecule has 1 fully saturated rings. The van der Waals surface area contributed by atoms with Gasteiger partial charge in [0.05, 0.1) is 18.3 Å². The molecule has 1 aliphatic heterocycles. The third kappa shape index (κ3) is 3.92. The highest BCUT2D eigenvalue weighted by atomic mass is 32.1. The first kappa shape index (κ1) is 20.4. The Balaban J connectivity index is 1.37. The molecule has 3 aromatic rings. The number of thiophene rings is 1. The molecule has 1 saturated heterocycles. The average molecular weight is 437 g/mol. The minimum absolute atomic E-state index is 0.0802. The third-order valence-corrected chi connectivity index (χ3v) is 7.92. The van der Waals surface area contributed by atoms with E-state index in [1.807, 2.05) is 4.90 Å². The minimum Gasteiger partial charge on any atom is -0.340 e. The van der Waals surface area contributed by atoms with Crippen molar-refractivity contribution in [1.82, 2.24) is 19.4 Å². The zero-order chi connectivity index (χ0) is 21.5. The normalized spacial score (nSPS) is 19.5. The highest BCUT2D eigenvalue weighted by Crippen LogP contribution is 2.35. The van der Waals surface area contributed by atoms with Crippen molar-refractivity contribution >= 4 is 27.5 Å². The van der Waals surface area contributed by atoms with Gasteiger partial charge in [-0.2, -0.15) is 0 Å². The van der Waals surface area contributed by atoms with Crippen molar-refractivity contribution in [1.29, 1.82) is 0 Å². The van der Waals surface area contributed by atoms with Gasteiger partial charge in [0.15, 0.2) is 0 Å². The van der Waals surface area contributed by atoms with Gasteiger partial charge >= 0.3 is 0 Å². The van der Waals surface area contributed by atoms with Crippen molar-refractivity contribution in [2.24, 2.45) is 0 Å². The number of piperazine rings is 1. The van der Waals surface area contributed by atoms with Crippen LogP contribution >= 0.6 is 11.3 Å². The summed E-state index contributed by atoms with van der Waals surface area (Å²) in [7, 11) is 0. The second-order valence-corrected chi connectivity index (χ2v) is 9.87. The van der Waals surface area contributed by atoms with Crippen molar-refractivity contribution < 1.29 is 4.79 Å². The van der Waals surface area contributed by atoms with Crippen molar-refractivity contribution in [3.8, 4) is 0 Å². The monoisotopic (exact) mass is 436 g/mol. The van der Waals surface area contributed by atoms with Crippen LogP contribution in [0.4, 0.5) is 0 Å². The first-order valence-electron chi connectivity index (χ1n) is 11.0. The zero-order valence-corrected chi connectivity index (χ0v) is 19.0. The molecule has 2 aliphatic rings. The van der Waals surface area contributed by atoms with Crippen LogP contribution in [-0.2, 0) is 24.2 Å². The molecule has 7 heteroatoms. The molecule has 1 unspecified atom stereocenters. The number of carbonyl (C=O) groups is 1. The first-order chi connectivity index (χ1) is 15.0. The zero-order valence-electron chi connectivity index (χ0n) is 18.1. The molecule has 6 nitrogen and oxygen atoms in total.